The molecule has 0 aliphatic rings. The second kappa shape index (κ2) is 4.75. The molecule has 4 heteroatoms. The van der Waals surface area contributed by atoms with E-state index in [1.54, 1.807) is 11.3 Å². The molecule has 0 amide bonds. The van der Waals surface area contributed by atoms with Crippen LogP contribution in [0.5, 0.6) is 0 Å². The fourth-order valence-electron chi connectivity index (χ4n) is 1.84. The van der Waals surface area contributed by atoms with E-state index in [-0.39, 0.29) is 0 Å². The Balaban J connectivity index is 0.000000514. The fourth-order valence-corrected chi connectivity index (χ4v) is 2.98. The summed E-state index contributed by atoms with van der Waals surface area (Å²) in [5, 5.41) is 2.38. The molecule has 3 aromatic heterocycles. The van der Waals surface area contributed by atoms with Gasteiger partial charge < -0.3 is 0 Å². The van der Waals surface area contributed by atoms with Gasteiger partial charge in [0.25, 0.3) is 0 Å². The van der Waals surface area contributed by atoms with Crippen molar-refractivity contribution in [2.24, 2.45) is 0 Å². The normalized spacial score (nSPS) is 10.4. The van der Waals surface area contributed by atoms with Gasteiger partial charge in [-0.15, -0.1) is 11.3 Å². The van der Waals surface area contributed by atoms with E-state index in [4.69, 9.17) is 0 Å². The van der Waals surface area contributed by atoms with Crippen molar-refractivity contribution in [1.82, 2.24) is 15.0 Å². The topological polar surface area (TPSA) is 38.7 Å². The highest BCUT2D eigenvalue weighted by Gasteiger charge is 2.09. The zero-order valence-corrected chi connectivity index (χ0v) is 11.3. The van der Waals surface area contributed by atoms with Gasteiger partial charge in [0.05, 0.1) is 10.4 Å². The number of thiophene rings is 1. The molecule has 88 valence electrons. The maximum atomic E-state index is 4.45. The first-order valence-electron chi connectivity index (χ1n) is 5.73. The molecule has 3 heterocycles. The van der Waals surface area contributed by atoms with E-state index in [9.17, 15) is 0 Å². The molecule has 3 aromatic rings. The van der Waals surface area contributed by atoms with E-state index in [1.165, 1.54) is 15.5 Å². The Labute approximate surface area is 105 Å². The molecule has 3 nitrogen and oxygen atoms in total. The van der Waals surface area contributed by atoms with Gasteiger partial charge in [0.1, 0.15) is 10.7 Å². The number of pyridine rings is 1. The molecular formula is C13H15N3S. The summed E-state index contributed by atoms with van der Waals surface area (Å²) in [6, 6.07) is 2.03. The van der Waals surface area contributed by atoms with Gasteiger partial charge in [-0.25, -0.2) is 9.97 Å². The third-order valence-corrected chi connectivity index (χ3v) is 3.46. The highest BCUT2D eigenvalue weighted by molar-refractivity contribution is 7.25. The van der Waals surface area contributed by atoms with Gasteiger partial charge in [-0.3, -0.25) is 4.98 Å². The lowest BCUT2D eigenvalue weighted by atomic mass is 10.2. The standard InChI is InChI=1S/C11H9N3S.C2H6/c1-6-10-8-3-4-12-5-9(8)15-11(10)14-7(2)13-6;1-2/h3-5H,1-2H3;1-2H3. The van der Waals surface area contributed by atoms with Gasteiger partial charge in [0.15, 0.2) is 0 Å². The summed E-state index contributed by atoms with van der Waals surface area (Å²) < 4.78 is 1.18. The summed E-state index contributed by atoms with van der Waals surface area (Å²) in [6.07, 6.45) is 3.70. The van der Waals surface area contributed by atoms with Gasteiger partial charge in [-0.2, -0.15) is 0 Å². The molecule has 0 aromatic carbocycles. The van der Waals surface area contributed by atoms with Crippen LogP contribution in [-0.4, -0.2) is 15.0 Å². The average Bonchev–Trinajstić information content (AvgIpc) is 2.69. The molecule has 3 rings (SSSR count). The summed E-state index contributed by atoms with van der Waals surface area (Å²) in [5.41, 5.74) is 1.05. The average molecular weight is 245 g/mol. The van der Waals surface area contributed by atoms with Crippen molar-refractivity contribution >= 4 is 31.6 Å². The molecule has 0 N–H and O–H groups in total. The monoisotopic (exact) mass is 245 g/mol. The highest BCUT2D eigenvalue weighted by Crippen LogP contribution is 2.32. The molecule has 0 atom stereocenters. The molecule has 0 fully saturated rings. The van der Waals surface area contributed by atoms with E-state index in [1.807, 2.05) is 46.2 Å². The summed E-state index contributed by atoms with van der Waals surface area (Å²) in [4.78, 5) is 14.0. The van der Waals surface area contributed by atoms with Crippen molar-refractivity contribution in [2.45, 2.75) is 27.7 Å². The molecule has 0 aliphatic carbocycles. The van der Waals surface area contributed by atoms with E-state index >= 15 is 0 Å². The SMILES string of the molecule is CC.Cc1nc(C)c2c(n1)sc1cnccc12. The van der Waals surface area contributed by atoms with Crippen molar-refractivity contribution in [3.63, 3.8) is 0 Å². The molecule has 17 heavy (non-hydrogen) atoms. The third-order valence-electron chi connectivity index (χ3n) is 2.43. The lowest BCUT2D eigenvalue weighted by Gasteiger charge is -1.97. The number of hydrogen-bond acceptors (Lipinski definition) is 4. The van der Waals surface area contributed by atoms with Gasteiger partial charge >= 0.3 is 0 Å². The van der Waals surface area contributed by atoms with Crippen LogP contribution in [0.3, 0.4) is 0 Å². The van der Waals surface area contributed by atoms with Crippen LogP contribution < -0.4 is 0 Å². The zero-order valence-electron chi connectivity index (χ0n) is 10.5. The molecule has 0 unspecified atom stereocenters. The van der Waals surface area contributed by atoms with Gasteiger partial charge in [0, 0.05) is 23.2 Å². The number of hydrogen-bond donors (Lipinski definition) is 0. The smallest absolute Gasteiger partial charge is 0.128 e. The van der Waals surface area contributed by atoms with Crippen LogP contribution in [0.15, 0.2) is 18.5 Å². The van der Waals surface area contributed by atoms with Crippen LogP contribution in [0.2, 0.25) is 0 Å². The van der Waals surface area contributed by atoms with Crippen LogP contribution in [0.25, 0.3) is 20.3 Å². The Bertz CT molecular complexity index is 658. The van der Waals surface area contributed by atoms with Crippen molar-refractivity contribution in [3.05, 3.63) is 30.0 Å². The highest BCUT2D eigenvalue weighted by atomic mass is 32.1. The largest absolute Gasteiger partial charge is 0.263 e. The minimum atomic E-state index is 0.833. The van der Waals surface area contributed by atoms with Crippen LogP contribution in [0.1, 0.15) is 25.4 Å². The fraction of sp³-hybridized carbons (Fsp3) is 0.308. The van der Waals surface area contributed by atoms with Crippen molar-refractivity contribution in [3.8, 4) is 0 Å². The Morgan fingerprint density at radius 2 is 1.88 bits per heavy atom. The lowest BCUT2D eigenvalue weighted by molar-refractivity contribution is 1.06. The Hall–Kier alpha value is -1.55. The van der Waals surface area contributed by atoms with E-state index in [0.29, 0.717) is 0 Å². The molecule has 0 spiro atoms. The minimum absolute atomic E-state index is 0.833. The van der Waals surface area contributed by atoms with Crippen LogP contribution in [-0.2, 0) is 0 Å². The van der Waals surface area contributed by atoms with Gasteiger partial charge in [-0.05, 0) is 19.9 Å². The van der Waals surface area contributed by atoms with Crippen molar-refractivity contribution in [2.75, 3.05) is 0 Å². The third kappa shape index (κ3) is 2.00. The minimum Gasteiger partial charge on any atom is -0.263 e. The predicted octanol–water partition coefficient (Wildman–Crippen LogP) is 3.88. The number of fused-ring (bicyclic) bond motifs is 3. The van der Waals surface area contributed by atoms with Crippen LogP contribution in [0, 0.1) is 13.8 Å². The van der Waals surface area contributed by atoms with Crippen LogP contribution in [0.4, 0.5) is 0 Å². The van der Waals surface area contributed by atoms with Gasteiger partial charge in [-0.1, -0.05) is 13.8 Å². The molecule has 0 saturated heterocycles. The number of rotatable bonds is 0. The Morgan fingerprint density at radius 1 is 1.12 bits per heavy atom. The van der Waals surface area contributed by atoms with E-state index in [2.05, 4.69) is 15.0 Å². The van der Waals surface area contributed by atoms with E-state index < -0.39 is 0 Å². The molecule has 0 aliphatic heterocycles. The molecule has 0 bridgehead atoms. The van der Waals surface area contributed by atoms with Gasteiger partial charge in [0.2, 0.25) is 0 Å². The first-order valence-corrected chi connectivity index (χ1v) is 6.55. The first-order chi connectivity index (χ1) is 8.25. The lowest BCUT2D eigenvalue weighted by Crippen LogP contribution is -1.89. The molecule has 0 saturated carbocycles. The predicted molar refractivity (Wildman–Crippen MR) is 73.5 cm³/mol. The Morgan fingerprint density at radius 3 is 2.65 bits per heavy atom. The Kier molecular flexibility index (Phi) is 3.33. The summed E-state index contributed by atoms with van der Waals surface area (Å²) in [6.45, 7) is 7.96. The van der Waals surface area contributed by atoms with E-state index in [0.717, 1.165) is 16.3 Å². The summed E-state index contributed by atoms with van der Waals surface area (Å²) in [5.74, 6) is 0.833. The van der Waals surface area contributed by atoms with Crippen molar-refractivity contribution in [1.29, 1.82) is 0 Å². The molecular weight excluding hydrogens is 230 g/mol. The first kappa shape index (κ1) is 11.9. The summed E-state index contributed by atoms with van der Waals surface area (Å²) in [7, 11) is 0. The number of nitrogens with zero attached hydrogens (tertiary/aromatic N) is 3. The molecule has 0 radical (unpaired) electrons. The maximum absolute atomic E-state index is 4.45. The van der Waals surface area contributed by atoms with Crippen molar-refractivity contribution < 1.29 is 0 Å². The quantitative estimate of drug-likeness (QED) is 0.603. The second-order valence-corrected chi connectivity index (χ2v) is 4.54. The van der Waals surface area contributed by atoms with Crippen LogP contribution >= 0.6 is 11.3 Å². The maximum Gasteiger partial charge on any atom is 0.128 e. The summed E-state index contributed by atoms with van der Waals surface area (Å²) >= 11 is 1.68. The number of aromatic nitrogens is 3. The number of aryl methyl sites for hydroxylation is 2. The second-order valence-electron chi connectivity index (χ2n) is 3.51. The zero-order chi connectivity index (χ0) is 12.4.